The molecule has 0 aromatic heterocycles. The van der Waals surface area contributed by atoms with Crippen molar-refractivity contribution in [3.05, 3.63) is 35.9 Å². The summed E-state index contributed by atoms with van der Waals surface area (Å²) in [4.78, 5) is 2.63. The molecular weight excluding hydrogens is 258 g/mol. The molecule has 2 saturated heterocycles. The van der Waals surface area contributed by atoms with Crippen LogP contribution in [0.25, 0.3) is 0 Å². The maximum atomic E-state index is 11.0. The molecule has 2 nitrogen and oxygen atoms in total. The van der Waals surface area contributed by atoms with Gasteiger partial charge in [-0.2, -0.15) is 0 Å². The molecule has 3 atom stereocenters. The standard InChI is InChI=1S/C19H29NO/c1-18(2,3)19(21)11-12-20-14-16(9-10-17(20)13-19)15-7-5-4-6-8-15/h4-8,16-17,21H,9-14H2,1-3H3/t16-,17+,19-/m0/s1. The zero-order chi connectivity index (χ0) is 15.1. The van der Waals surface area contributed by atoms with Crippen molar-refractivity contribution in [1.29, 1.82) is 0 Å². The lowest BCUT2D eigenvalue weighted by Crippen LogP contribution is -2.57. The molecule has 1 N–H and O–H groups in total. The van der Waals surface area contributed by atoms with Gasteiger partial charge >= 0.3 is 0 Å². The summed E-state index contributed by atoms with van der Waals surface area (Å²) >= 11 is 0. The van der Waals surface area contributed by atoms with Gasteiger partial charge < -0.3 is 5.11 Å². The summed E-state index contributed by atoms with van der Waals surface area (Å²) in [6.45, 7) is 8.74. The Morgan fingerprint density at radius 3 is 2.52 bits per heavy atom. The molecule has 0 bridgehead atoms. The third-order valence-corrected chi connectivity index (χ3v) is 5.87. The lowest BCUT2D eigenvalue weighted by Gasteiger charge is -2.52. The Labute approximate surface area is 129 Å². The van der Waals surface area contributed by atoms with E-state index >= 15 is 0 Å². The summed E-state index contributed by atoms with van der Waals surface area (Å²) < 4.78 is 0. The van der Waals surface area contributed by atoms with E-state index in [-0.39, 0.29) is 5.41 Å². The van der Waals surface area contributed by atoms with Crippen molar-refractivity contribution in [3.63, 3.8) is 0 Å². The lowest BCUT2D eigenvalue weighted by atomic mass is 9.67. The summed E-state index contributed by atoms with van der Waals surface area (Å²) in [7, 11) is 0. The molecular formula is C19H29NO. The van der Waals surface area contributed by atoms with E-state index in [2.05, 4.69) is 56.0 Å². The van der Waals surface area contributed by atoms with Crippen molar-refractivity contribution >= 4 is 0 Å². The second-order valence-corrected chi connectivity index (χ2v) is 8.07. The summed E-state index contributed by atoms with van der Waals surface area (Å²) in [5.41, 5.74) is 0.968. The van der Waals surface area contributed by atoms with Gasteiger partial charge in [0, 0.05) is 19.1 Å². The van der Waals surface area contributed by atoms with Crippen LogP contribution >= 0.6 is 0 Å². The predicted molar refractivity (Wildman–Crippen MR) is 87.4 cm³/mol. The van der Waals surface area contributed by atoms with Crippen LogP contribution in [0.4, 0.5) is 0 Å². The molecule has 2 aliphatic rings. The highest BCUT2D eigenvalue weighted by Crippen LogP contribution is 2.44. The molecule has 21 heavy (non-hydrogen) atoms. The van der Waals surface area contributed by atoms with Crippen LogP contribution in [0.3, 0.4) is 0 Å². The third kappa shape index (κ3) is 2.89. The maximum absolute atomic E-state index is 11.0. The molecule has 0 radical (unpaired) electrons. The number of rotatable bonds is 1. The van der Waals surface area contributed by atoms with Gasteiger partial charge in [0.05, 0.1) is 5.60 Å². The predicted octanol–water partition coefficient (Wildman–Crippen LogP) is 3.81. The van der Waals surface area contributed by atoms with Crippen LogP contribution in [-0.2, 0) is 0 Å². The number of fused-ring (bicyclic) bond motifs is 1. The first-order chi connectivity index (χ1) is 9.89. The molecule has 0 saturated carbocycles. The second kappa shape index (κ2) is 5.40. The van der Waals surface area contributed by atoms with E-state index in [9.17, 15) is 5.11 Å². The number of piperidine rings is 2. The van der Waals surface area contributed by atoms with Gasteiger partial charge in [-0.1, -0.05) is 51.1 Å². The second-order valence-electron chi connectivity index (χ2n) is 8.07. The summed E-state index contributed by atoms with van der Waals surface area (Å²) in [6, 6.07) is 11.5. The first-order valence-electron chi connectivity index (χ1n) is 8.40. The van der Waals surface area contributed by atoms with Gasteiger partial charge in [0.2, 0.25) is 0 Å². The van der Waals surface area contributed by atoms with Crippen LogP contribution in [0.1, 0.15) is 57.9 Å². The molecule has 1 aromatic carbocycles. The third-order valence-electron chi connectivity index (χ3n) is 5.87. The zero-order valence-electron chi connectivity index (χ0n) is 13.7. The largest absolute Gasteiger partial charge is 0.389 e. The van der Waals surface area contributed by atoms with E-state index in [4.69, 9.17) is 0 Å². The molecule has 0 aliphatic carbocycles. The quantitative estimate of drug-likeness (QED) is 0.849. The Morgan fingerprint density at radius 1 is 1.14 bits per heavy atom. The van der Waals surface area contributed by atoms with Crippen LogP contribution in [-0.4, -0.2) is 34.7 Å². The average molecular weight is 287 g/mol. The lowest BCUT2D eigenvalue weighted by molar-refractivity contribution is -0.122. The molecule has 0 amide bonds. The van der Waals surface area contributed by atoms with Crippen molar-refractivity contribution in [2.75, 3.05) is 13.1 Å². The van der Waals surface area contributed by atoms with E-state index in [1.54, 1.807) is 0 Å². The van der Waals surface area contributed by atoms with Crippen LogP contribution < -0.4 is 0 Å². The molecule has 2 fully saturated rings. The maximum Gasteiger partial charge on any atom is 0.0722 e. The van der Waals surface area contributed by atoms with Gasteiger partial charge in [0.25, 0.3) is 0 Å². The van der Waals surface area contributed by atoms with Gasteiger partial charge in [-0.15, -0.1) is 0 Å². The Balaban J connectivity index is 1.69. The normalized spacial score (nSPS) is 34.5. The number of nitrogens with zero attached hydrogens (tertiary/aromatic N) is 1. The van der Waals surface area contributed by atoms with E-state index < -0.39 is 5.60 Å². The van der Waals surface area contributed by atoms with Crippen LogP contribution in [0, 0.1) is 5.41 Å². The van der Waals surface area contributed by atoms with E-state index in [1.165, 1.54) is 18.4 Å². The Hall–Kier alpha value is -0.860. The SMILES string of the molecule is CC(C)(C)[C@]1(O)CCN2C[C@@H](c3ccccc3)CC[C@@H]2C1. The number of benzene rings is 1. The Morgan fingerprint density at radius 2 is 1.86 bits per heavy atom. The summed E-state index contributed by atoms with van der Waals surface area (Å²) in [6.07, 6.45) is 4.33. The fraction of sp³-hybridized carbons (Fsp3) is 0.684. The monoisotopic (exact) mass is 287 g/mol. The van der Waals surface area contributed by atoms with Crippen LogP contribution in [0.15, 0.2) is 30.3 Å². The van der Waals surface area contributed by atoms with Crippen molar-refractivity contribution in [1.82, 2.24) is 4.90 Å². The molecule has 1 aromatic rings. The van der Waals surface area contributed by atoms with Crippen molar-refractivity contribution < 1.29 is 5.11 Å². The first kappa shape index (κ1) is 15.1. The van der Waals surface area contributed by atoms with Gasteiger partial charge in [-0.3, -0.25) is 4.90 Å². The molecule has 2 heteroatoms. The molecule has 0 unspecified atom stereocenters. The molecule has 2 aliphatic heterocycles. The zero-order valence-corrected chi connectivity index (χ0v) is 13.7. The van der Waals surface area contributed by atoms with Crippen LogP contribution in [0.5, 0.6) is 0 Å². The van der Waals surface area contributed by atoms with E-state index in [0.29, 0.717) is 12.0 Å². The van der Waals surface area contributed by atoms with Gasteiger partial charge in [-0.05, 0) is 42.6 Å². The molecule has 0 spiro atoms. The fourth-order valence-electron chi connectivity index (χ4n) is 4.10. The van der Waals surface area contributed by atoms with Crippen LogP contribution in [0.2, 0.25) is 0 Å². The smallest absolute Gasteiger partial charge is 0.0722 e. The highest BCUT2D eigenvalue weighted by atomic mass is 16.3. The fourth-order valence-corrected chi connectivity index (χ4v) is 4.10. The molecule has 3 rings (SSSR count). The van der Waals surface area contributed by atoms with Gasteiger partial charge in [-0.25, -0.2) is 0 Å². The number of hydrogen-bond donors (Lipinski definition) is 1. The van der Waals surface area contributed by atoms with E-state index in [1.807, 2.05) is 0 Å². The minimum atomic E-state index is -0.492. The van der Waals surface area contributed by atoms with E-state index in [0.717, 1.165) is 25.9 Å². The number of aliphatic hydroxyl groups is 1. The minimum absolute atomic E-state index is 0.0185. The van der Waals surface area contributed by atoms with Crippen molar-refractivity contribution in [2.24, 2.45) is 5.41 Å². The molecule has 116 valence electrons. The molecule has 2 heterocycles. The minimum Gasteiger partial charge on any atom is -0.389 e. The Kier molecular flexibility index (Phi) is 3.87. The van der Waals surface area contributed by atoms with Gasteiger partial charge in [0.1, 0.15) is 0 Å². The highest BCUT2D eigenvalue weighted by Gasteiger charge is 2.47. The van der Waals surface area contributed by atoms with Crippen molar-refractivity contribution in [2.45, 2.75) is 64.0 Å². The van der Waals surface area contributed by atoms with Crippen molar-refractivity contribution in [3.8, 4) is 0 Å². The summed E-state index contributed by atoms with van der Waals surface area (Å²) in [5, 5.41) is 11.0. The summed E-state index contributed by atoms with van der Waals surface area (Å²) in [5.74, 6) is 0.670. The first-order valence-corrected chi connectivity index (χ1v) is 8.40. The topological polar surface area (TPSA) is 23.5 Å². The highest BCUT2D eigenvalue weighted by molar-refractivity contribution is 5.21. The average Bonchev–Trinajstić information content (AvgIpc) is 2.46. The number of hydrogen-bond acceptors (Lipinski definition) is 2. The Bertz CT molecular complexity index is 478. The van der Waals surface area contributed by atoms with Gasteiger partial charge in [0.15, 0.2) is 0 Å².